The molecule has 1 aliphatic carbocycles. The zero-order valence-corrected chi connectivity index (χ0v) is 11.3. The number of nitrogens with two attached hydrogens (primary N) is 1. The van der Waals surface area contributed by atoms with E-state index in [0.29, 0.717) is 24.0 Å². The van der Waals surface area contributed by atoms with Crippen LogP contribution in [0.5, 0.6) is 0 Å². The van der Waals surface area contributed by atoms with Crippen LogP contribution in [-0.2, 0) is 5.41 Å². The maximum Gasteiger partial charge on any atom is 0.138 e. The van der Waals surface area contributed by atoms with Gasteiger partial charge in [0.2, 0.25) is 0 Å². The molecular formula is C13H22N4O. The molecule has 0 unspecified atom stereocenters. The van der Waals surface area contributed by atoms with E-state index in [0.717, 1.165) is 19.3 Å². The molecule has 5 nitrogen and oxygen atoms in total. The monoisotopic (exact) mass is 250 g/mol. The van der Waals surface area contributed by atoms with Crippen LogP contribution in [0.1, 0.15) is 45.9 Å². The third-order valence-electron chi connectivity index (χ3n) is 3.30. The van der Waals surface area contributed by atoms with Crippen LogP contribution in [0.4, 0.5) is 11.6 Å². The van der Waals surface area contributed by atoms with Crippen molar-refractivity contribution in [2.75, 3.05) is 17.6 Å². The summed E-state index contributed by atoms with van der Waals surface area (Å²) in [6, 6.07) is 1.71. The minimum absolute atomic E-state index is 0.140. The van der Waals surface area contributed by atoms with Crippen LogP contribution in [0.15, 0.2) is 6.07 Å². The average molecular weight is 250 g/mol. The quantitative estimate of drug-likeness (QED) is 0.760. The average Bonchev–Trinajstić information content (AvgIpc) is 2.22. The molecule has 18 heavy (non-hydrogen) atoms. The van der Waals surface area contributed by atoms with Crippen LogP contribution in [-0.4, -0.2) is 27.2 Å². The van der Waals surface area contributed by atoms with E-state index in [2.05, 4.69) is 15.3 Å². The van der Waals surface area contributed by atoms with Crippen LogP contribution >= 0.6 is 0 Å². The van der Waals surface area contributed by atoms with Crippen molar-refractivity contribution in [3.63, 3.8) is 0 Å². The van der Waals surface area contributed by atoms with Crippen LogP contribution < -0.4 is 11.1 Å². The molecule has 0 aromatic carbocycles. The SMILES string of the molecule is CC(C)(C)c1nc(N)cc(NCC2(O)CCC2)n1. The predicted molar refractivity (Wildman–Crippen MR) is 72.4 cm³/mol. The molecule has 0 atom stereocenters. The molecule has 0 radical (unpaired) electrons. The second kappa shape index (κ2) is 4.39. The molecule has 1 fully saturated rings. The number of anilines is 2. The number of hydrogen-bond donors (Lipinski definition) is 3. The normalized spacial score (nSPS) is 18.2. The highest BCUT2D eigenvalue weighted by molar-refractivity contribution is 5.45. The lowest BCUT2D eigenvalue weighted by molar-refractivity contribution is -0.0202. The Labute approximate surface area is 108 Å². The molecule has 0 amide bonds. The topological polar surface area (TPSA) is 84.1 Å². The van der Waals surface area contributed by atoms with Gasteiger partial charge in [-0.3, -0.25) is 0 Å². The van der Waals surface area contributed by atoms with E-state index in [4.69, 9.17) is 5.73 Å². The van der Waals surface area contributed by atoms with E-state index in [-0.39, 0.29) is 5.41 Å². The Hall–Kier alpha value is -1.36. The van der Waals surface area contributed by atoms with Gasteiger partial charge in [0.05, 0.1) is 5.60 Å². The Morgan fingerprint density at radius 3 is 2.56 bits per heavy atom. The number of nitrogens with one attached hydrogen (secondary N) is 1. The van der Waals surface area contributed by atoms with Gasteiger partial charge in [-0.25, -0.2) is 9.97 Å². The smallest absolute Gasteiger partial charge is 0.138 e. The van der Waals surface area contributed by atoms with Crippen molar-refractivity contribution >= 4 is 11.6 Å². The Kier molecular flexibility index (Phi) is 3.19. The molecule has 4 N–H and O–H groups in total. The highest BCUT2D eigenvalue weighted by atomic mass is 16.3. The third kappa shape index (κ3) is 2.90. The molecule has 1 aromatic rings. The molecule has 0 spiro atoms. The Bertz CT molecular complexity index is 435. The lowest BCUT2D eigenvalue weighted by Crippen LogP contribution is -2.43. The van der Waals surface area contributed by atoms with Crippen molar-refractivity contribution in [1.29, 1.82) is 0 Å². The minimum atomic E-state index is -0.568. The van der Waals surface area contributed by atoms with Crippen molar-refractivity contribution in [2.24, 2.45) is 0 Å². The lowest BCUT2D eigenvalue weighted by Gasteiger charge is -2.36. The molecule has 1 heterocycles. The fraction of sp³-hybridized carbons (Fsp3) is 0.692. The molecular weight excluding hydrogens is 228 g/mol. The Balaban J connectivity index is 2.10. The predicted octanol–water partition coefficient (Wildman–Crippen LogP) is 1.68. The van der Waals surface area contributed by atoms with Gasteiger partial charge in [-0.1, -0.05) is 20.8 Å². The number of nitrogens with zero attached hydrogens (tertiary/aromatic N) is 2. The molecule has 0 aliphatic heterocycles. The first-order valence-corrected chi connectivity index (χ1v) is 6.40. The molecule has 1 aliphatic rings. The first-order valence-electron chi connectivity index (χ1n) is 6.40. The van der Waals surface area contributed by atoms with E-state index in [1.807, 2.05) is 20.8 Å². The van der Waals surface area contributed by atoms with Crippen molar-refractivity contribution < 1.29 is 5.11 Å². The molecule has 2 rings (SSSR count). The second-order valence-corrected chi connectivity index (χ2v) is 6.18. The maximum absolute atomic E-state index is 10.0. The molecule has 1 saturated carbocycles. The Morgan fingerprint density at radius 2 is 2.06 bits per heavy atom. The summed E-state index contributed by atoms with van der Waals surface area (Å²) in [4.78, 5) is 8.70. The summed E-state index contributed by atoms with van der Waals surface area (Å²) < 4.78 is 0. The zero-order valence-electron chi connectivity index (χ0n) is 11.3. The Morgan fingerprint density at radius 1 is 1.39 bits per heavy atom. The summed E-state index contributed by atoms with van der Waals surface area (Å²) >= 11 is 0. The van der Waals surface area contributed by atoms with E-state index >= 15 is 0 Å². The zero-order chi connectivity index (χ0) is 13.4. The van der Waals surface area contributed by atoms with E-state index in [9.17, 15) is 5.11 Å². The maximum atomic E-state index is 10.0. The number of nitrogen functional groups attached to an aromatic ring is 1. The van der Waals surface area contributed by atoms with E-state index < -0.39 is 5.60 Å². The van der Waals surface area contributed by atoms with Crippen LogP contribution in [0.2, 0.25) is 0 Å². The molecule has 0 bridgehead atoms. The molecule has 100 valence electrons. The van der Waals surface area contributed by atoms with Gasteiger partial charge in [-0.15, -0.1) is 0 Å². The molecule has 1 aromatic heterocycles. The molecule has 5 heteroatoms. The van der Waals surface area contributed by atoms with Crippen molar-refractivity contribution in [3.8, 4) is 0 Å². The van der Waals surface area contributed by atoms with Gasteiger partial charge in [-0.2, -0.15) is 0 Å². The number of hydrogen-bond acceptors (Lipinski definition) is 5. The third-order valence-corrected chi connectivity index (χ3v) is 3.30. The van der Waals surface area contributed by atoms with Gasteiger partial charge in [0, 0.05) is 18.0 Å². The van der Waals surface area contributed by atoms with Gasteiger partial charge < -0.3 is 16.2 Å². The summed E-state index contributed by atoms with van der Waals surface area (Å²) in [5, 5.41) is 13.2. The summed E-state index contributed by atoms with van der Waals surface area (Å²) in [6.45, 7) is 6.66. The summed E-state index contributed by atoms with van der Waals surface area (Å²) in [5.74, 6) is 1.86. The van der Waals surface area contributed by atoms with Gasteiger partial charge in [0.1, 0.15) is 17.5 Å². The molecule has 0 saturated heterocycles. The van der Waals surface area contributed by atoms with Gasteiger partial charge >= 0.3 is 0 Å². The van der Waals surface area contributed by atoms with E-state index in [1.54, 1.807) is 6.07 Å². The summed E-state index contributed by atoms with van der Waals surface area (Å²) in [6.07, 6.45) is 2.80. The number of aliphatic hydroxyl groups is 1. The van der Waals surface area contributed by atoms with Crippen LogP contribution in [0.3, 0.4) is 0 Å². The van der Waals surface area contributed by atoms with Crippen molar-refractivity contribution in [2.45, 2.75) is 51.0 Å². The highest BCUT2D eigenvalue weighted by Crippen LogP contribution is 2.31. The first-order chi connectivity index (χ1) is 8.28. The number of rotatable bonds is 3. The van der Waals surface area contributed by atoms with Crippen molar-refractivity contribution in [3.05, 3.63) is 11.9 Å². The number of aromatic nitrogens is 2. The summed E-state index contributed by atoms with van der Waals surface area (Å²) in [5.41, 5.74) is 5.08. The highest BCUT2D eigenvalue weighted by Gasteiger charge is 2.34. The fourth-order valence-corrected chi connectivity index (χ4v) is 1.91. The van der Waals surface area contributed by atoms with Gasteiger partial charge in [-0.05, 0) is 19.3 Å². The van der Waals surface area contributed by atoms with Crippen molar-refractivity contribution in [1.82, 2.24) is 9.97 Å². The van der Waals surface area contributed by atoms with Crippen LogP contribution in [0, 0.1) is 0 Å². The lowest BCUT2D eigenvalue weighted by atomic mass is 9.80. The summed E-state index contributed by atoms with van der Waals surface area (Å²) in [7, 11) is 0. The minimum Gasteiger partial charge on any atom is -0.388 e. The second-order valence-electron chi connectivity index (χ2n) is 6.18. The largest absolute Gasteiger partial charge is 0.388 e. The van der Waals surface area contributed by atoms with Crippen LogP contribution in [0.25, 0.3) is 0 Å². The van der Waals surface area contributed by atoms with Gasteiger partial charge in [0.25, 0.3) is 0 Å². The first kappa shape index (κ1) is 13.1. The standard InChI is InChI=1S/C13H22N4O/c1-12(2,3)11-16-9(14)7-10(17-11)15-8-13(18)5-4-6-13/h7,18H,4-6,8H2,1-3H3,(H3,14,15,16,17). The van der Waals surface area contributed by atoms with E-state index in [1.165, 1.54) is 0 Å². The van der Waals surface area contributed by atoms with Gasteiger partial charge in [0.15, 0.2) is 0 Å². The fourth-order valence-electron chi connectivity index (χ4n) is 1.91.